The van der Waals surface area contributed by atoms with Gasteiger partial charge in [0.05, 0.1) is 0 Å². The second-order valence-electron chi connectivity index (χ2n) is 8.56. The van der Waals surface area contributed by atoms with E-state index >= 15 is 0 Å². The Morgan fingerprint density at radius 2 is 1.94 bits per heavy atom. The van der Waals surface area contributed by atoms with Crippen molar-refractivity contribution in [2.24, 2.45) is 0 Å². The molecule has 2 heterocycles. The lowest BCUT2D eigenvalue weighted by molar-refractivity contribution is -0.136. The second kappa shape index (κ2) is 8.31. The maximum atomic E-state index is 12.9. The Hall–Kier alpha value is -3.75. The molecule has 1 unspecified atom stereocenters. The number of carbonyl (C=O) groups is 3. The van der Waals surface area contributed by atoms with Crippen molar-refractivity contribution in [2.45, 2.75) is 50.8 Å². The fourth-order valence-electron chi connectivity index (χ4n) is 4.55. The van der Waals surface area contributed by atoms with E-state index in [0.29, 0.717) is 35.8 Å². The number of carbonyl (C=O) groups excluding carboxylic acids is 3. The fraction of sp³-hybridized carbons (Fsp3) is 0.375. The molecule has 2 aliphatic heterocycles. The highest BCUT2D eigenvalue weighted by molar-refractivity contribution is 6.11. The van der Waals surface area contributed by atoms with Crippen molar-refractivity contribution in [1.29, 1.82) is 0 Å². The van der Waals surface area contributed by atoms with Crippen LogP contribution in [0.15, 0.2) is 42.5 Å². The first-order valence-electron chi connectivity index (χ1n) is 11.0. The number of benzene rings is 2. The van der Waals surface area contributed by atoms with Crippen molar-refractivity contribution >= 4 is 23.5 Å². The predicted molar refractivity (Wildman–Crippen MR) is 118 cm³/mol. The number of fused-ring (bicyclic) bond motifs is 1. The molecule has 5 rings (SSSR count). The van der Waals surface area contributed by atoms with Gasteiger partial charge in [0.2, 0.25) is 12.7 Å². The van der Waals surface area contributed by atoms with Gasteiger partial charge in [-0.15, -0.1) is 0 Å². The Morgan fingerprint density at radius 3 is 2.76 bits per heavy atom. The number of amides is 4. The number of nitrogens with one attached hydrogen (secondary N) is 2. The van der Waals surface area contributed by atoms with Crippen LogP contribution in [0.3, 0.4) is 0 Å². The molecule has 0 radical (unpaired) electrons. The third-order valence-electron chi connectivity index (χ3n) is 6.36. The average molecular weight is 451 g/mol. The number of imide groups is 1. The highest BCUT2D eigenvalue weighted by Gasteiger charge is 2.54. The number of anilines is 1. The first-order valence-corrected chi connectivity index (χ1v) is 11.0. The number of nitrogens with zero attached hydrogens (tertiary/aromatic N) is 1. The maximum Gasteiger partial charge on any atom is 0.325 e. The van der Waals surface area contributed by atoms with Crippen LogP contribution in [0.1, 0.15) is 38.2 Å². The van der Waals surface area contributed by atoms with Crippen molar-refractivity contribution in [3.8, 4) is 17.2 Å². The van der Waals surface area contributed by atoms with Crippen molar-refractivity contribution in [3.05, 3.63) is 48.0 Å². The first kappa shape index (κ1) is 21.1. The maximum absolute atomic E-state index is 12.9. The van der Waals surface area contributed by atoms with E-state index < -0.39 is 23.5 Å². The number of urea groups is 1. The van der Waals surface area contributed by atoms with Crippen LogP contribution >= 0.6 is 0 Å². The summed E-state index contributed by atoms with van der Waals surface area (Å²) >= 11 is 0. The summed E-state index contributed by atoms with van der Waals surface area (Å²) in [5.41, 5.74) is 0.566. The van der Waals surface area contributed by atoms with E-state index in [2.05, 4.69) is 10.6 Å². The van der Waals surface area contributed by atoms with Gasteiger partial charge in [-0.1, -0.05) is 25.0 Å². The van der Waals surface area contributed by atoms with Crippen molar-refractivity contribution in [2.75, 3.05) is 12.1 Å². The minimum Gasteiger partial charge on any atom is -0.489 e. The molecule has 0 aromatic heterocycles. The van der Waals surface area contributed by atoms with Gasteiger partial charge in [0.15, 0.2) is 11.5 Å². The molecule has 9 heteroatoms. The van der Waals surface area contributed by atoms with Gasteiger partial charge in [-0.2, -0.15) is 0 Å². The third-order valence-corrected chi connectivity index (χ3v) is 6.36. The number of rotatable bonds is 6. The summed E-state index contributed by atoms with van der Waals surface area (Å²) in [4.78, 5) is 39.3. The lowest BCUT2D eigenvalue weighted by Gasteiger charge is -2.23. The van der Waals surface area contributed by atoms with E-state index in [0.717, 1.165) is 23.3 Å². The molecule has 4 amide bonds. The monoisotopic (exact) mass is 451 g/mol. The Bertz CT molecular complexity index is 1110. The van der Waals surface area contributed by atoms with Gasteiger partial charge < -0.3 is 24.8 Å². The third kappa shape index (κ3) is 3.94. The highest BCUT2D eigenvalue weighted by atomic mass is 16.7. The molecule has 33 heavy (non-hydrogen) atoms. The Labute approximate surface area is 191 Å². The van der Waals surface area contributed by atoms with Gasteiger partial charge in [-0.3, -0.25) is 9.59 Å². The molecular formula is C24H25N3O6. The van der Waals surface area contributed by atoms with Crippen LogP contribution < -0.4 is 24.8 Å². The molecule has 2 aromatic rings. The molecule has 9 nitrogen and oxygen atoms in total. The molecule has 1 spiro atoms. The van der Waals surface area contributed by atoms with Gasteiger partial charge in [-0.05, 0) is 49.6 Å². The molecular weight excluding hydrogens is 426 g/mol. The summed E-state index contributed by atoms with van der Waals surface area (Å²) in [6.45, 7) is 2.05. The zero-order valence-corrected chi connectivity index (χ0v) is 18.3. The Morgan fingerprint density at radius 1 is 1.15 bits per heavy atom. The van der Waals surface area contributed by atoms with Crippen LogP contribution in [0.25, 0.3) is 0 Å². The van der Waals surface area contributed by atoms with Crippen molar-refractivity contribution in [1.82, 2.24) is 10.2 Å². The molecule has 1 atom stereocenters. The smallest absolute Gasteiger partial charge is 0.325 e. The highest BCUT2D eigenvalue weighted by Crippen LogP contribution is 2.36. The van der Waals surface area contributed by atoms with Crippen LogP contribution in [-0.4, -0.2) is 41.1 Å². The number of hydrogen-bond donors (Lipinski definition) is 2. The number of hydrogen-bond acceptors (Lipinski definition) is 6. The van der Waals surface area contributed by atoms with E-state index in [9.17, 15) is 14.4 Å². The predicted octanol–water partition coefficient (Wildman–Crippen LogP) is 3.19. The van der Waals surface area contributed by atoms with Gasteiger partial charge in [0, 0.05) is 11.8 Å². The van der Waals surface area contributed by atoms with Crippen LogP contribution in [0.5, 0.6) is 17.2 Å². The molecule has 3 aliphatic rings. The molecule has 2 N–H and O–H groups in total. The summed E-state index contributed by atoms with van der Waals surface area (Å²) < 4.78 is 16.5. The van der Waals surface area contributed by atoms with E-state index in [1.165, 1.54) is 0 Å². The summed E-state index contributed by atoms with van der Waals surface area (Å²) in [6.07, 6.45) is 3.02. The van der Waals surface area contributed by atoms with Crippen molar-refractivity contribution in [3.63, 3.8) is 0 Å². The topological polar surface area (TPSA) is 106 Å². The minimum absolute atomic E-state index is 0.199. The van der Waals surface area contributed by atoms with E-state index in [4.69, 9.17) is 14.2 Å². The van der Waals surface area contributed by atoms with Crippen LogP contribution in [0, 0.1) is 0 Å². The molecule has 0 bridgehead atoms. The normalized spacial score (nSPS) is 19.0. The van der Waals surface area contributed by atoms with Crippen LogP contribution in [0.4, 0.5) is 10.5 Å². The zero-order valence-electron chi connectivity index (χ0n) is 18.3. The largest absolute Gasteiger partial charge is 0.489 e. The Kier molecular flexibility index (Phi) is 5.32. The Balaban J connectivity index is 1.21. The van der Waals surface area contributed by atoms with Gasteiger partial charge in [0.25, 0.3) is 5.91 Å². The van der Waals surface area contributed by atoms with Gasteiger partial charge in [-0.25, -0.2) is 9.69 Å². The van der Waals surface area contributed by atoms with Crippen LogP contribution in [-0.2, 0) is 16.2 Å². The molecule has 1 saturated carbocycles. The standard InChI is InChI=1S/C24H25N3O6/c1-15(27-22(29)24(26-23(27)30)9-2-3-10-24)21(28)25-17-6-4-5-16(11-17)13-31-18-7-8-19-20(12-18)33-14-32-19/h4-8,11-12,15H,2-3,9-10,13-14H2,1H3,(H,25,28)(H,26,30). The fourth-order valence-corrected chi connectivity index (χ4v) is 4.55. The van der Waals surface area contributed by atoms with E-state index in [1.54, 1.807) is 43.3 Å². The van der Waals surface area contributed by atoms with Gasteiger partial charge >= 0.3 is 6.03 Å². The van der Waals surface area contributed by atoms with Gasteiger partial charge in [0.1, 0.15) is 23.9 Å². The van der Waals surface area contributed by atoms with E-state index in [-0.39, 0.29) is 19.3 Å². The number of ether oxygens (including phenoxy) is 3. The molecule has 1 aliphatic carbocycles. The average Bonchev–Trinajstić information content (AvgIpc) is 3.52. The quantitative estimate of drug-likeness (QED) is 0.654. The summed E-state index contributed by atoms with van der Waals surface area (Å²) in [5.74, 6) is 1.23. The minimum atomic E-state index is -0.925. The summed E-state index contributed by atoms with van der Waals surface area (Å²) in [6, 6.07) is 11.2. The summed E-state index contributed by atoms with van der Waals surface area (Å²) in [7, 11) is 0. The molecule has 172 valence electrons. The molecule has 2 aromatic carbocycles. The van der Waals surface area contributed by atoms with Crippen LogP contribution in [0.2, 0.25) is 0 Å². The SMILES string of the molecule is CC(C(=O)Nc1cccc(COc2ccc3c(c2)OCO3)c1)N1C(=O)NC2(CCCC2)C1=O. The molecule has 2 fully saturated rings. The second-order valence-corrected chi connectivity index (χ2v) is 8.56. The zero-order chi connectivity index (χ0) is 23.0. The lowest BCUT2D eigenvalue weighted by atomic mass is 9.97. The summed E-state index contributed by atoms with van der Waals surface area (Å²) in [5, 5.41) is 5.62. The molecule has 1 saturated heterocycles. The first-order chi connectivity index (χ1) is 15.9. The lowest BCUT2D eigenvalue weighted by Crippen LogP contribution is -2.48. The van der Waals surface area contributed by atoms with Crippen molar-refractivity contribution < 1.29 is 28.6 Å². The van der Waals surface area contributed by atoms with E-state index in [1.807, 2.05) is 6.07 Å².